The third kappa shape index (κ3) is 3.49. The van der Waals surface area contributed by atoms with Crippen molar-refractivity contribution in [2.45, 2.75) is 51.6 Å². The lowest BCUT2D eigenvalue weighted by Gasteiger charge is -2.30. The summed E-state index contributed by atoms with van der Waals surface area (Å²) in [6, 6.07) is 8.25. The van der Waals surface area contributed by atoms with Crippen LogP contribution in [0.4, 0.5) is 0 Å². The first-order valence-corrected chi connectivity index (χ1v) is 7.16. The van der Waals surface area contributed by atoms with Crippen LogP contribution < -0.4 is 4.74 Å². The summed E-state index contributed by atoms with van der Waals surface area (Å²) in [5, 5.41) is 8.94. The molecule has 0 heterocycles. The number of aryl methyl sites for hydroxylation is 1. The van der Waals surface area contributed by atoms with Gasteiger partial charge in [0.2, 0.25) is 0 Å². The maximum Gasteiger partial charge on any atom is 0.122 e. The third-order valence-corrected chi connectivity index (χ3v) is 3.89. The van der Waals surface area contributed by atoms with Crippen molar-refractivity contribution in [3.05, 3.63) is 29.8 Å². The van der Waals surface area contributed by atoms with E-state index >= 15 is 0 Å². The van der Waals surface area contributed by atoms with Crippen LogP contribution in [0.5, 0.6) is 5.75 Å². The minimum absolute atomic E-state index is 0.244. The lowest BCUT2D eigenvalue weighted by molar-refractivity contribution is 0.101. The minimum atomic E-state index is 0.244. The maximum atomic E-state index is 8.94. The second kappa shape index (κ2) is 6.79. The van der Waals surface area contributed by atoms with E-state index in [0.717, 1.165) is 18.6 Å². The van der Waals surface area contributed by atoms with Gasteiger partial charge >= 0.3 is 0 Å². The highest BCUT2D eigenvalue weighted by molar-refractivity contribution is 5.33. The summed E-state index contributed by atoms with van der Waals surface area (Å²) in [5.74, 6) is 1.68. The fourth-order valence-electron chi connectivity index (χ4n) is 2.72. The minimum Gasteiger partial charge on any atom is -0.490 e. The van der Waals surface area contributed by atoms with Crippen molar-refractivity contribution in [2.24, 2.45) is 5.92 Å². The Bertz CT molecular complexity index is 362. The number of para-hydroxylation sites is 1. The van der Waals surface area contributed by atoms with Gasteiger partial charge in [-0.3, -0.25) is 0 Å². The first-order valence-electron chi connectivity index (χ1n) is 7.16. The standard InChI is InChI=1S/C16H24O2/c1-13-7-2-4-10-15(13)18-16-11-5-3-8-14(16)9-6-12-17/h3,5,8,11,13,15,17H,2,4,6-7,9-10,12H2,1H3. The zero-order chi connectivity index (χ0) is 12.8. The van der Waals surface area contributed by atoms with Crippen molar-refractivity contribution in [3.8, 4) is 5.75 Å². The molecule has 2 rings (SSSR count). The van der Waals surface area contributed by atoms with Crippen LogP contribution in [0, 0.1) is 5.92 Å². The molecule has 0 amide bonds. The second-order valence-corrected chi connectivity index (χ2v) is 5.35. The van der Waals surface area contributed by atoms with Crippen LogP contribution in [0.25, 0.3) is 0 Å². The average molecular weight is 248 g/mol. The zero-order valence-electron chi connectivity index (χ0n) is 11.3. The number of hydrogen-bond donors (Lipinski definition) is 1. The largest absolute Gasteiger partial charge is 0.490 e. The topological polar surface area (TPSA) is 29.5 Å². The molecule has 2 heteroatoms. The van der Waals surface area contributed by atoms with Gasteiger partial charge in [-0.1, -0.05) is 31.5 Å². The van der Waals surface area contributed by atoms with Gasteiger partial charge in [-0.05, 0) is 49.7 Å². The molecule has 1 aromatic carbocycles. The number of hydrogen-bond acceptors (Lipinski definition) is 2. The molecule has 100 valence electrons. The summed E-state index contributed by atoms with van der Waals surface area (Å²) < 4.78 is 6.21. The van der Waals surface area contributed by atoms with Crippen LogP contribution in [0.15, 0.2) is 24.3 Å². The van der Waals surface area contributed by atoms with E-state index in [1.54, 1.807) is 0 Å². The molecule has 0 aromatic heterocycles. The van der Waals surface area contributed by atoms with Crippen LogP contribution in [0.3, 0.4) is 0 Å². The Morgan fingerprint density at radius 2 is 2.00 bits per heavy atom. The Kier molecular flexibility index (Phi) is 5.06. The highest BCUT2D eigenvalue weighted by Crippen LogP contribution is 2.30. The van der Waals surface area contributed by atoms with E-state index in [4.69, 9.17) is 9.84 Å². The molecular weight excluding hydrogens is 224 g/mol. The molecule has 0 spiro atoms. The van der Waals surface area contributed by atoms with Gasteiger partial charge in [-0.15, -0.1) is 0 Å². The summed E-state index contributed by atoms with van der Waals surface area (Å²) in [7, 11) is 0. The predicted octanol–water partition coefficient (Wildman–Crippen LogP) is 3.57. The van der Waals surface area contributed by atoms with Crippen molar-refractivity contribution in [1.29, 1.82) is 0 Å². The highest BCUT2D eigenvalue weighted by Gasteiger charge is 2.23. The number of aliphatic hydroxyl groups excluding tert-OH is 1. The molecule has 0 bridgehead atoms. The summed E-state index contributed by atoms with van der Waals surface area (Å²) in [4.78, 5) is 0. The van der Waals surface area contributed by atoms with Gasteiger partial charge < -0.3 is 9.84 Å². The van der Waals surface area contributed by atoms with E-state index in [1.807, 2.05) is 12.1 Å². The van der Waals surface area contributed by atoms with Crippen LogP contribution in [0.2, 0.25) is 0 Å². The molecule has 0 saturated heterocycles. The van der Waals surface area contributed by atoms with Gasteiger partial charge in [-0.2, -0.15) is 0 Å². The Labute approximate surface area is 110 Å². The van der Waals surface area contributed by atoms with E-state index in [0.29, 0.717) is 12.0 Å². The van der Waals surface area contributed by atoms with Crippen LogP contribution >= 0.6 is 0 Å². The normalized spacial score (nSPS) is 23.9. The molecule has 1 fully saturated rings. The Morgan fingerprint density at radius 1 is 1.22 bits per heavy atom. The SMILES string of the molecule is CC1CCCCC1Oc1ccccc1CCCO. The molecule has 1 aromatic rings. The van der Waals surface area contributed by atoms with Gasteiger partial charge in [0, 0.05) is 6.61 Å². The quantitative estimate of drug-likeness (QED) is 0.863. The molecule has 1 aliphatic rings. The van der Waals surface area contributed by atoms with Crippen molar-refractivity contribution < 1.29 is 9.84 Å². The van der Waals surface area contributed by atoms with Gasteiger partial charge in [0.1, 0.15) is 11.9 Å². The van der Waals surface area contributed by atoms with Gasteiger partial charge in [0.05, 0.1) is 0 Å². The number of ether oxygens (including phenoxy) is 1. The molecule has 1 aliphatic carbocycles. The van der Waals surface area contributed by atoms with E-state index in [-0.39, 0.29) is 6.61 Å². The molecule has 1 N–H and O–H groups in total. The lowest BCUT2D eigenvalue weighted by atomic mass is 9.88. The van der Waals surface area contributed by atoms with E-state index < -0.39 is 0 Å². The van der Waals surface area contributed by atoms with E-state index in [1.165, 1.54) is 31.2 Å². The molecule has 0 aliphatic heterocycles. The van der Waals surface area contributed by atoms with Crippen molar-refractivity contribution in [1.82, 2.24) is 0 Å². The van der Waals surface area contributed by atoms with E-state index in [9.17, 15) is 0 Å². The number of benzene rings is 1. The molecule has 2 nitrogen and oxygen atoms in total. The number of aliphatic hydroxyl groups is 1. The summed E-state index contributed by atoms with van der Waals surface area (Å²) in [6.07, 6.45) is 7.16. The second-order valence-electron chi connectivity index (χ2n) is 5.35. The van der Waals surface area contributed by atoms with Gasteiger partial charge in [0.15, 0.2) is 0 Å². The summed E-state index contributed by atoms with van der Waals surface area (Å²) in [6.45, 7) is 2.54. The van der Waals surface area contributed by atoms with Crippen molar-refractivity contribution in [2.75, 3.05) is 6.61 Å². The lowest BCUT2D eigenvalue weighted by Crippen LogP contribution is -2.28. The first kappa shape index (κ1) is 13.4. The fourth-order valence-corrected chi connectivity index (χ4v) is 2.72. The van der Waals surface area contributed by atoms with Crippen molar-refractivity contribution in [3.63, 3.8) is 0 Å². The Morgan fingerprint density at radius 3 is 2.78 bits per heavy atom. The Balaban J connectivity index is 2.03. The van der Waals surface area contributed by atoms with Gasteiger partial charge in [-0.25, -0.2) is 0 Å². The molecule has 2 unspecified atom stereocenters. The smallest absolute Gasteiger partial charge is 0.122 e. The Hall–Kier alpha value is -1.02. The van der Waals surface area contributed by atoms with Crippen molar-refractivity contribution >= 4 is 0 Å². The average Bonchev–Trinajstić information content (AvgIpc) is 2.40. The molecular formula is C16H24O2. The van der Waals surface area contributed by atoms with Crippen LogP contribution in [-0.4, -0.2) is 17.8 Å². The zero-order valence-corrected chi connectivity index (χ0v) is 11.3. The molecule has 1 saturated carbocycles. The summed E-state index contributed by atoms with van der Waals surface area (Å²) in [5.41, 5.74) is 1.23. The number of rotatable bonds is 5. The van der Waals surface area contributed by atoms with Gasteiger partial charge in [0.25, 0.3) is 0 Å². The highest BCUT2D eigenvalue weighted by atomic mass is 16.5. The van der Waals surface area contributed by atoms with Crippen LogP contribution in [-0.2, 0) is 6.42 Å². The molecule has 2 atom stereocenters. The predicted molar refractivity (Wildman–Crippen MR) is 73.9 cm³/mol. The molecule has 18 heavy (non-hydrogen) atoms. The fraction of sp³-hybridized carbons (Fsp3) is 0.625. The maximum absolute atomic E-state index is 8.94. The summed E-state index contributed by atoms with van der Waals surface area (Å²) >= 11 is 0. The molecule has 0 radical (unpaired) electrons. The first-order chi connectivity index (χ1) is 8.81. The van der Waals surface area contributed by atoms with E-state index in [2.05, 4.69) is 19.1 Å². The monoisotopic (exact) mass is 248 g/mol. The third-order valence-electron chi connectivity index (χ3n) is 3.89. The van der Waals surface area contributed by atoms with Crippen LogP contribution in [0.1, 0.15) is 44.6 Å².